The lowest BCUT2D eigenvalue weighted by atomic mass is 9.81. The zero-order valence-corrected chi connectivity index (χ0v) is 13.9. The summed E-state index contributed by atoms with van der Waals surface area (Å²) >= 11 is 0. The maximum absolute atomic E-state index is 9.55. The average molecular weight is 334 g/mol. The second-order valence-corrected chi connectivity index (χ2v) is 6.00. The van der Waals surface area contributed by atoms with Crippen LogP contribution in [0.15, 0.2) is 30.4 Å². The van der Waals surface area contributed by atoms with Gasteiger partial charge in [-0.1, -0.05) is 13.0 Å². The first kappa shape index (κ1) is 17.8. The zero-order chi connectivity index (χ0) is 17.9. The molecule has 0 spiro atoms. The Kier molecular flexibility index (Phi) is 5.14. The van der Waals surface area contributed by atoms with Crippen molar-refractivity contribution in [2.75, 3.05) is 25.6 Å². The molecule has 0 radical (unpaired) electrons. The lowest BCUT2D eigenvalue weighted by Gasteiger charge is -2.28. The van der Waals surface area contributed by atoms with Gasteiger partial charge < -0.3 is 19.8 Å². The van der Waals surface area contributed by atoms with Crippen LogP contribution in [-0.2, 0) is 15.0 Å². The van der Waals surface area contributed by atoms with Crippen LogP contribution in [0.2, 0.25) is 0 Å². The van der Waals surface area contributed by atoms with Crippen LogP contribution in [0.25, 0.3) is 0 Å². The van der Waals surface area contributed by atoms with E-state index in [9.17, 15) is 9.59 Å². The number of hydrogen-bond acceptors (Lipinski definition) is 5. The highest BCUT2D eigenvalue weighted by atomic mass is 16.5. The average Bonchev–Trinajstić information content (AvgIpc) is 3.02. The summed E-state index contributed by atoms with van der Waals surface area (Å²) < 4.78 is 5.52. The van der Waals surface area contributed by atoms with Crippen molar-refractivity contribution >= 4 is 17.6 Å². The fraction of sp³-hybridized carbons (Fsp3) is 0.412. The molecule has 1 saturated heterocycles. The van der Waals surface area contributed by atoms with Crippen LogP contribution < -0.4 is 15.0 Å². The molecule has 3 N–H and O–H groups in total. The van der Waals surface area contributed by atoms with Gasteiger partial charge in [0, 0.05) is 35.9 Å². The topological polar surface area (TPSA) is 99.1 Å². The lowest BCUT2D eigenvalue weighted by molar-refractivity contribution is -0.134. The minimum Gasteiger partial charge on any atom is -0.496 e. The van der Waals surface area contributed by atoms with Crippen LogP contribution in [0.1, 0.15) is 18.9 Å². The molecule has 24 heavy (non-hydrogen) atoms. The van der Waals surface area contributed by atoms with E-state index in [-0.39, 0.29) is 5.41 Å². The molecule has 0 aromatic heterocycles. The van der Waals surface area contributed by atoms with Gasteiger partial charge in [-0.15, -0.1) is 0 Å². The fourth-order valence-corrected chi connectivity index (χ4v) is 3.50. The Balaban J connectivity index is 0.000000224. The molecule has 3 rings (SSSR count). The molecular weight excluding hydrogens is 312 g/mol. The maximum atomic E-state index is 9.55. The van der Waals surface area contributed by atoms with Crippen molar-refractivity contribution in [2.24, 2.45) is 0 Å². The zero-order valence-electron chi connectivity index (χ0n) is 13.9. The number of aliphatic carboxylic acids is 2. The van der Waals surface area contributed by atoms with Crippen LogP contribution in [0.4, 0.5) is 5.69 Å². The van der Waals surface area contributed by atoms with E-state index in [4.69, 9.17) is 14.9 Å². The molecule has 1 aromatic rings. The minimum atomic E-state index is -1.26. The van der Waals surface area contributed by atoms with Crippen LogP contribution in [-0.4, -0.2) is 49.0 Å². The number of likely N-dealkylation sites (N-methyl/N-ethyl adjacent to an activating group) is 1. The number of anilines is 1. The van der Waals surface area contributed by atoms with E-state index in [1.165, 1.54) is 17.7 Å². The normalized spacial score (nSPS) is 24.1. The molecule has 0 aliphatic carbocycles. The molecule has 0 bridgehead atoms. The Labute approximate surface area is 140 Å². The van der Waals surface area contributed by atoms with E-state index < -0.39 is 11.9 Å². The first-order valence-electron chi connectivity index (χ1n) is 7.59. The maximum Gasteiger partial charge on any atom is 0.328 e. The number of benzene rings is 1. The summed E-state index contributed by atoms with van der Waals surface area (Å²) in [6.07, 6.45) is 2.71. The summed E-state index contributed by atoms with van der Waals surface area (Å²) in [5.41, 5.74) is 2.87. The van der Waals surface area contributed by atoms with Crippen molar-refractivity contribution < 1.29 is 24.5 Å². The fourth-order valence-electron chi connectivity index (χ4n) is 3.50. The van der Waals surface area contributed by atoms with Crippen molar-refractivity contribution in [3.63, 3.8) is 0 Å². The summed E-state index contributed by atoms with van der Waals surface area (Å²) in [6.45, 7) is 3.42. The molecule has 1 fully saturated rings. The summed E-state index contributed by atoms with van der Waals surface area (Å²) in [4.78, 5) is 21.4. The van der Waals surface area contributed by atoms with E-state index in [0.29, 0.717) is 18.3 Å². The van der Waals surface area contributed by atoms with E-state index >= 15 is 0 Å². The second-order valence-electron chi connectivity index (χ2n) is 6.00. The van der Waals surface area contributed by atoms with Crippen molar-refractivity contribution in [1.29, 1.82) is 0 Å². The SMILES string of the molecule is COc1cccc2c1C1(C)CCNC1N2C.O=C(O)/C=C/C(=O)O. The third-order valence-corrected chi connectivity index (χ3v) is 4.52. The number of fused-ring (bicyclic) bond motifs is 3. The van der Waals surface area contributed by atoms with Crippen molar-refractivity contribution in [2.45, 2.75) is 24.9 Å². The third-order valence-electron chi connectivity index (χ3n) is 4.52. The van der Waals surface area contributed by atoms with Crippen LogP contribution in [0, 0.1) is 0 Å². The Morgan fingerprint density at radius 2 is 1.96 bits per heavy atom. The molecule has 2 aliphatic heterocycles. The van der Waals surface area contributed by atoms with Gasteiger partial charge in [0.1, 0.15) is 5.75 Å². The quantitative estimate of drug-likeness (QED) is 0.719. The highest BCUT2D eigenvalue weighted by molar-refractivity contribution is 5.89. The molecule has 7 nitrogen and oxygen atoms in total. The first-order chi connectivity index (χ1) is 11.3. The summed E-state index contributed by atoms with van der Waals surface area (Å²) in [5.74, 6) is -1.49. The first-order valence-corrected chi connectivity index (χ1v) is 7.59. The number of nitrogens with one attached hydrogen (secondary N) is 1. The molecule has 0 saturated carbocycles. The van der Waals surface area contributed by atoms with E-state index in [2.05, 4.69) is 42.4 Å². The van der Waals surface area contributed by atoms with Crippen molar-refractivity contribution in [3.8, 4) is 5.75 Å². The summed E-state index contributed by atoms with van der Waals surface area (Å²) in [6, 6.07) is 6.32. The predicted octanol–water partition coefficient (Wildman–Crippen LogP) is 1.43. The largest absolute Gasteiger partial charge is 0.496 e. The standard InChI is InChI=1S/C13H18N2O.C4H4O4/c1-13-7-8-14-12(13)15(2)9-5-4-6-10(16-3)11(9)13;5-3(6)1-2-4(7)8/h4-6,12,14H,7-8H2,1-3H3;1-2H,(H,5,6)(H,7,8)/b;2-1+. The van der Waals surface area contributed by atoms with Gasteiger partial charge in [-0.05, 0) is 25.1 Å². The van der Waals surface area contributed by atoms with Gasteiger partial charge in [-0.3, -0.25) is 5.32 Å². The number of methoxy groups -OCH3 is 1. The van der Waals surface area contributed by atoms with Gasteiger partial charge in [0.15, 0.2) is 0 Å². The number of nitrogens with zero attached hydrogens (tertiary/aromatic N) is 1. The van der Waals surface area contributed by atoms with E-state index in [0.717, 1.165) is 12.3 Å². The molecule has 2 atom stereocenters. The Hall–Kier alpha value is -2.54. The Morgan fingerprint density at radius 3 is 2.50 bits per heavy atom. The highest BCUT2D eigenvalue weighted by Crippen LogP contribution is 2.51. The van der Waals surface area contributed by atoms with Crippen LogP contribution in [0.3, 0.4) is 0 Å². The number of carboxylic acids is 2. The van der Waals surface area contributed by atoms with Crippen LogP contribution in [0.5, 0.6) is 5.75 Å². The smallest absolute Gasteiger partial charge is 0.328 e. The van der Waals surface area contributed by atoms with Gasteiger partial charge >= 0.3 is 11.9 Å². The highest BCUT2D eigenvalue weighted by Gasteiger charge is 2.50. The summed E-state index contributed by atoms with van der Waals surface area (Å²) in [5, 5.41) is 19.2. The monoisotopic (exact) mass is 334 g/mol. The van der Waals surface area contributed by atoms with Crippen molar-refractivity contribution in [3.05, 3.63) is 35.9 Å². The van der Waals surface area contributed by atoms with E-state index in [1.807, 2.05) is 0 Å². The molecule has 0 amide bonds. The molecule has 1 aromatic carbocycles. The Bertz CT molecular complexity index is 657. The van der Waals surface area contributed by atoms with Gasteiger partial charge in [0.25, 0.3) is 0 Å². The lowest BCUT2D eigenvalue weighted by Crippen LogP contribution is -2.44. The molecule has 2 aliphatic rings. The van der Waals surface area contributed by atoms with Crippen LogP contribution >= 0.6 is 0 Å². The number of rotatable bonds is 3. The number of ether oxygens (including phenoxy) is 1. The molecule has 130 valence electrons. The molecular formula is C17H22N2O5. The molecule has 7 heteroatoms. The number of carbonyl (C=O) groups is 2. The molecule has 2 unspecified atom stereocenters. The summed E-state index contributed by atoms with van der Waals surface area (Å²) in [7, 11) is 3.92. The van der Waals surface area contributed by atoms with Gasteiger partial charge in [-0.2, -0.15) is 0 Å². The van der Waals surface area contributed by atoms with Gasteiger partial charge in [0.2, 0.25) is 0 Å². The molecule has 2 heterocycles. The number of carboxylic acid groups (broad SMARTS) is 2. The predicted molar refractivity (Wildman–Crippen MR) is 89.6 cm³/mol. The van der Waals surface area contributed by atoms with Crippen molar-refractivity contribution in [1.82, 2.24) is 5.32 Å². The van der Waals surface area contributed by atoms with Gasteiger partial charge in [0.05, 0.1) is 13.3 Å². The third kappa shape index (κ3) is 3.21. The second kappa shape index (κ2) is 6.92. The number of hydrogen-bond donors (Lipinski definition) is 3. The minimum absolute atomic E-state index is 0.191. The van der Waals surface area contributed by atoms with Gasteiger partial charge in [-0.25, -0.2) is 9.59 Å². The van der Waals surface area contributed by atoms with E-state index in [1.54, 1.807) is 7.11 Å². The Morgan fingerprint density at radius 1 is 1.33 bits per heavy atom.